The van der Waals surface area contributed by atoms with Crippen LogP contribution in [0.5, 0.6) is 17.2 Å². The SMILES string of the molecule is CCOC(=O)O[C@@H]1CCC(=O)c2c(C)c(OC)cc(O[Si](C)(C)C(C)(C)C)c2OSC[C@@H](C(=O)OC)NC(=S)CC1. The quantitative estimate of drug-likeness (QED) is 0.168. The van der Waals surface area contributed by atoms with E-state index in [9.17, 15) is 14.4 Å². The average molecular weight is 630 g/mol. The molecule has 0 aromatic heterocycles. The van der Waals surface area contributed by atoms with E-state index in [1.165, 1.54) is 14.2 Å². The van der Waals surface area contributed by atoms with E-state index in [2.05, 4.69) is 39.2 Å². The molecule has 41 heavy (non-hydrogen) atoms. The summed E-state index contributed by atoms with van der Waals surface area (Å²) < 4.78 is 33.9. The molecule has 0 saturated heterocycles. The Morgan fingerprint density at radius 2 is 1.83 bits per heavy atom. The Bertz CT molecular complexity index is 1120. The molecular formula is C28H43NO9S2Si. The predicted octanol–water partition coefficient (Wildman–Crippen LogP) is 6.17. The van der Waals surface area contributed by atoms with Gasteiger partial charge in [0, 0.05) is 24.5 Å². The van der Waals surface area contributed by atoms with Crippen molar-refractivity contribution in [1.29, 1.82) is 0 Å². The highest BCUT2D eigenvalue weighted by Gasteiger charge is 2.40. The van der Waals surface area contributed by atoms with Crippen LogP contribution in [0.4, 0.5) is 4.79 Å². The van der Waals surface area contributed by atoms with E-state index >= 15 is 0 Å². The second-order valence-electron chi connectivity index (χ2n) is 11.2. The van der Waals surface area contributed by atoms with Gasteiger partial charge in [-0.3, -0.25) is 4.79 Å². The number of esters is 1. The van der Waals surface area contributed by atoms with Crippen LogP contribution >= 0.6 is 24.3 Å². The maximum atomic E-state index is 13.8. The molecule has 1 aliphatic heterocycles. The summed E-state index contributed by atoms with van der Waals surface area (Å²) in [7, 11) is 0.449. The van der Waals surface area contributed by atoms with Gasteiger partial charge in [-0.2, -0.15) is 0 Å². The highest BCUT2D eigenvalue weighted by Crippen LogP contribution is 2.46. The van der Waals surface area contributed by atoms with Crippen LogP contribution in [0.2, 0.25) is 18.1 Å². The Labute approximate surface area is 253 Å². The lowest BCUT2D eigenvalue weighted by Crippen LogP contribution is -2.44. The molecule has 0 bridgehead atoms. The number of carbonyl (C=O) groups is 3. The summed E-state index contributed by atoms with van der Waals surface area (Å²) >= 11 is 6.46. The number of ketones is 1. The minimum atomic E-state index is -2.38. The molecule has 1 aliphatic rings. The summed E-state index contributed by atoms with van der Waals surface area (Å²) in [4.78, 5) is 38.9. The molecule has 0 aliphatic carbocycles. The second-order valence-corrected chi connectivity index (χ2v) is 17.2. The minimum Gasteiger partial charge on any atom is -0.541 e. The first-order chi connectivity index (χ1) is 19.1. The van der Waals surface area contributed by atoms with Crippen molar-refractivity contribution in [2.75, 3.05) is 26.6 Å². The zero-order chi connectivity index (χ0) is 31.0. The first-order valence-corrected chi connectivity index (χ1v) is 17.8. The third-order valence-corrected chi connectivity index (χ3v) is 12.7. The van der Waals surface area contributed by atoms with Crippen molar-refractivity contribution in [3.8, 4) is 17.2 Å². The highest BCUT2D eigenvalue weighted by atomic mass is 32.2. The number of rotatable bonds is 6. The molecule has 0 radical (unpaired) electrons. The van der Waals surface area contributed by atoms with Gasteiger partial charge in [0.05, 0.1) is 49.2 Å². The standard InChI is InChI=1S/C28H43NO9S2Si/c1-10-35-27(32)36-18-11-13-20(30)24-17(2)21(33-6)15-22(38-41(8,9)28(3,4)5)25(24)37-40-16-19(26(31)34-7)29-23(39)14-12-18/h15,18-19H,10-14,16H2,1-9H3,(H,29,39)/t18-,19+/m1/s1. The first kappa shape index (κ1) is 34.7. The van der Waals surface area contributed by atoms with Crippen LogP contribution in [-0.4, -0.2) is 69.9 Å². The third kappa shape index (κ3) is 9.50. The van der Waals surface area contributed by atoms with Gasteiger partial charge in [-0.1, -0.05) is 33.0 Å². The lowest BCUT2D eigenvalue weighted by Gasteiger charge is -2.37. The van der Waals surface area contributed by atoms with Gasteiger partial charge in [0.25, 0.3) is 8.32 Å². The normalized spacial score (nSPS) is 19.0. The molecule has 10 nitrogen and oxygen atoms in total. The number of fused-ring (bicyclic) bond motifs is 1. The molecule has 1 heterocycles. The van der Waals surface area contributed by atoms with Crippen molar-refractivity contribution < 1.29 is 41.9 Å². The number of benzene rings is 1. The number of hydrogen-bond donors (Lipinski definition) is 1. The van der Waals surface area contributed by atoms with Crippen LogP contribution in [0.15, 0.2) is 6.07 Å². The summed E-state index contributed by atoms with van der Waals surface area (Å²) in [5, 5.41) is 2.89. The number of methoxy groups -OCH3 is 2. The molecule has 230 valence electrons. The van der Waals surface area contributed by atoms with Crippen LogP contribution < -0.4 is 18.7 Å². The van der Waals surface area contributed by atoms with Crippen LogP contribution in [0, 0.1) is 6.92 Å². The molecule has 13 heteroatoms. The monoisotopic (exact) mass is 629 g/mol. The van der Waals surface area contributed by atoms with Gasteiger partial charge in [-0.05, 0) is 44.8 Å². The summed E-state index contributed by atoms with van der Waals surface area (Å²) in [5.41, 5.74) is 0.907. The van der Waals surface area contributed by atoms with Crippen molar-refractivity contribution >= 4 is 55.5 Å². The van der Waals surface area contributed by atoms with Crippen molar-refractivity contribution in [3.05, 3.63) is 17.2 Å². The third-order valence-electron chi connectivity index (χ3n) is 7.24. The largest absolute Gasteiger partial charge is 0.541 e. The highest BCUT2D eigenvalue weighted by molar-refractivity contribution is 7.95. The van der Waals surface area contributed by atoms with Gasteiger partial charge in [0.2, 0.25) is 0 Å². The second kappa shape index (κ2) is 15.1. The fourth-order valence-corrected chi connectivity index (χ4v) is 5.82. The number of ether oxygens (including phenoxy) is 4. The number of thiocarbonyl (C=S) groups is 1. The zero-order valence-corrected chi connectivity index (χ0v) is 28.1. The minimum absolute atomic E-state index is 0.0591. The van der Waals surface area contributed by atoms with E-state index in [0.717, 1.165) is 12.0 Å². The van der Waals surface area contributed by atoms with E-state index in [4.69, 9.17) is 39.8 Å². The number of nitrogens with one attached hydrogen (secondary N) is 1. The van der Waals surface area contributed by atoms with E-state index in [1.807, 2.05) is 0 Å². The van der Waals surface area contributed by atoms with Crippen LogP contribution in [0.1, 0.15) is 69.3 Å². The van der Waals surface area contributed by atoms with Gasteiger partial charge >= 0.3 is 12.1 Å². The Balaban J connectivity index is 2.63. The van der Waals surface area contributed by atoms with Crippen LogP contribution in [-0.2, 0) is 19.0 Å². The van der Waals surface area contributed by atoms with Crippen LogP contribution in [0.25, 0.3) is 0 Å². The molecule has 1 aromatic carbocycles. The zero-order valence-electron chi connectivity index (χ0n) is 25.5. The van der Waals surface area contributed by atoms with Crippen molar-refractivity contribution in [2.24, 2.45) is 0 Å². The maximum Gasteiger partial charge on any atom is 0.508 e. The molecule has 0 amide bonds. The molecule has 1 N–H and O–H groups in total. The van der Waals surface area contributed by atoms with Crippen molar-refractivity contribution in [2.45, 2.75) is 90.6 Å². The maximum absolute atomic E-state index is 13.8. The summed E-state index contributed by atoms with van der Waals surface area (Å²) in [6, 6.07) is 0.928. The van der Waals surface area contributed by atoms with Crippen LogP contribution in [0.3, 0.4) is 0 Å². The van der Waals surface area contributed by atoms with E-state index < -0.39 is 32.6 Å². The van der Waals surface area contributed by atoms with E-state index in [-0.39, 0.29) is 41.8 Å². The number of Topliss-reactive ketones (excluding diaryl/α,β-unsaturated/α-hetero) is 1. The Kier molecular flexibility index (Phi) is 12.8. The molecular weight excluding hydrogens is 587 g/mol. The lowest BCUT2D eigenvalue weighted by atomic mass is 9.97. The summed E-state index contributed by atoms with van der Waals surface area (Å²) in [6.07, 6.45) is -0.531. The average Bonchev–Trinajstić information content (AvgIpc) is 2.89. The number of hydrogen-bond acceptors (Lipinski definition) is 11. The predicted molar refractivity (Wildman–Crippen MR) is 165 cm³/mol. The Morgan fingerprint density at radius 3 is 2.41 bits per heavy atom. The van der Waals surface area contributed by atoms with Gasteiger partial charge in [0.15, 0.2) is 17.3 Å². The van der Waals surface area contributed by atoms with Gasteiger partial charge in [-0.15, -0.1) is 0 Å². The molecule has 0 saturated carbocycles. The number of carbonyl (C=O) groups excluding carboxylic acids is 3. The fourth-order valence-electron chi connectivity index (χ4n) is 3.84. The molecule has 2 rings (SSSR count). The fraction of sp³-hybridized carbons (Fsp3) is 0.643. The summed E-state index contributed by atoms with van der Waals surface area (Å²) in [5.74, 6) is 0.521. The summed E-state index contributed by atoms with van der Waals surface area (Å²) in [6.45, 7) is 14.2. The van der Waals surface area contributed by atoms with Crippen molar-refractivity contribution in [1.82, 2.24) is 5.32 Å². The molecule has 0 spiro atoms. The molecule has 2 atom stereocenters. The van der Waals surface area contributed by atoms with Gasteiger partial charge < -0.3 is 32.9 Å². The smallest absolute Gasteiger partial charge is 0.508 e. The van der Waals surface area contributed by atoms with E-state index in [1.54, 1.807) is 19.9 Å². The van der Waals surface area contributed by atoms with Crippen molar-refractivity contribution in [3.63, 3.8) is 0 Å². The van der Waals surface area contributed by atoms with Gasteiger partial charge in [-0.25, -0.2) is 9.59 Å². The lowest BCUT2D eigenvalue weighted by molar-refractivity contribution is -0.142. The molecule has 1 aromatic rings. The van der Waals surface area contributed by atoms with E-state index in [0.29, 0.717) is 40.5 Å². The van der Waals surface area contributed by atoms with Gasteiger partial charge in [0.1, 0.15) is 17.9 Å². The topological polar surface area (TPSA) is 119 Å². The Morgan fingerprint density at radius 1 is 1.17 bits per heavy atom. The molecule has 0 unspecified atom stereocenters. The Hall–Kier alpha value is -2.51. The first-order valence-electron chi connectivity index (χ1n) is 13.6. The molecule has 0 fully saturated rings.